The van der Waals surface area contributed by atoms with Crippen molar-refractivity contribution in [3.8, 4) is 0 Å². The Balaban J connectivity index is 1.78. The predicted molar refractivity (Wildman–Crippen MR) is 87.7 cm³/mol. The molecule has 1 aliphatic rings. The molecular weight excluding hydrogens is 282 g/mol. The highest BCUT2D eigenvalue weighted by atomic mass is 32.1. The highest BCUT2D eigenvalue weighted by Gasteiger charge is 2.22. The van der Waals surface area contributed by atoms with Crippen LogP contribution in [-0.4, -0.2) is 12.5 Å². The summed E-state index contributed by atoms with van der Waals surface area (Å²) in [5, 5.41) is 3.94. The van der Waals surface area contributed by atoms with Gasteiger partial charge in [-0.15, -0.1) is 11.3 Å². The number of hydrogen-bond donors (Lipinski definition) is 2. The molecule has 1 aromatic carbocycles. The molecule has 0 fully saturated rings. The maximum atomic E-state index is 12.1. The first kappa shape index (κ1) is 13.9. The molecule has 3 N–H and O–H groups in total. The molecular formula is C16H19N3OS. The van der Waals surface area contributed by atoms with Crippen molar-refractivity contribution in [2.24, 2.45) is 0 Å². The minimum absolute atomic E-state index is 0.0673. The van der Waals surface area contributed by atoms with Gasteiger partial charge < -0.3 is 16.0 Å². The number of nitrogen functional groups attached to an aromatic ring is 1. The Morgan fingerprint density at radius 1 is 1.33 bits per heavy atom. The van der Waals surface area contributed by atoms with Crippen molar-refractivity contribution in [2.45, 2.75) is 26.4 Å². The molecule has 21 heavy (non-hydrogen) atoms. The zero-order chi connectivity index (χ0) is 14.8. The van der Waals surface area contributed by atoms with Gasteiger partial charge in [0.15, 0.2) is 0 Å². The Bertz CT molecular complexity index is 640. The number of carbonyl (C=O) groups excluding carboxylic acids is 1. The van der Waals surface area contributed by atoms with Crippen molar-refractivity contribution in [1.29, 1.82) is 0 Å². The quantitative estimate of drug-likeness (QED) is 0.912. The average Bonchev–Trinajstić information content (AvgIpc) is 3.07. The van der Waals surface area contributed by atoms with E-state index in [4.69, 9.17) is 5.73 Å². The SMILES string of the molecule is CCCNC(=O)c1sc(N2Cc3ccccc3C2)cc1N. The van der Waals surface area contributed by atoms with Gasteiger partial charge in [-0.05, 0) is 23.6 Å². The normalized spacial score (nSPS) is 13.3. The number of thiophene rings is 1. The van der Waals surface area contributed by atoms with E-state index in [9.17, 15) is 4.79 Å². The van der Waals surface area contributed by atoms with Crippen LogP contribution in [0.4, 0.5) is 10.7 Å². The Morgan fingerprint density at radius 3 is 2.62 bits per heavy atom. The third kappa shape index (κ3) is 2.74. The summed E-state index contributed by atoms with van der Waals surface area (Å²) in [5.74, 6) is -0.0673. The van der Waals surface area contributed by atoms with Gasteiger partial charge in [0.1, 0.15) is 4.88 Å². The van der Waals surface area contributed by atoms with E-state index in [-0.39, 0.29) is 5.91 Å². The maximum Gasteiger partial charge on any atom is 0.263 e. The summed E-state index contributed by atoms with van der Waals surface area (Å²) in [7, 11) is 0. The summed E-state index contributed by atoms with van der Waals surface area (Å²) in [4.78, 5) is 15.0. The number of fused-ring (bicyclic) bond motifs is 1. The van der Waals surface area contributed by atoms with Crippen molar-refractivity contribution < 1.29 is 4.79 Å². The molecule has 0 radical (unpaired) electrons. The molecule has 1 amide bonds. The van der Waals surface area contributed by atoms with Crippen molar-refractivity contribution in [3.05, 3.63) is 46.3 Å². The fourth-order valence-electron chi connectivity index (χ4n) is 2.53. The zero-order valence-corrected chi connectivity index (χ0v) is 12.9. The second kappa shape index (κ2) is 5.77. The van der Waals surface area contributed by atoms with Gasteiger partial charge in [-0.2, -0.15) is 0 Å². The Morgan fingerprint density at radius 2 is 2.00 bits per heavy atom. The molecule has 0 spiro atoms. The van der Waals surface area contributed by atoms with E-state index in [1.54, 1.807) is 0 Å². The molecule has 0 bridgehead atoms. The smallest absolute Gasteiger partial charge is 0.263 e. The summed E-state index contributed by atoms with van der Waals surface area (Å²) >= 11 is 1.47. The molecule has 110 valence electrons. The fraction of sp³-hybridized carbons (Fsp3) is 0.312. The number of hydrogen-bond acceptors (Lipinski definition) is 4. The van der Waals surface area contributed by atoms with E-state index in [1.807, 2.05) is 13.0 Å². The maximum absolute atomic E-state index is 12.1. The second-order valence-corrected chi connectivity index (χ2v) is 6.28. The van der Waals surface area contributed by atoms with E-state index in [1.165, 1.54) is 22.5 Å². The van der Waals surface area contributed by atoms with Crippen LogP contribution in [0.25, 0.3) is 0 Å². The summed E-state index contributed by atoms with van der Waals surface area (Å²) in [6.07, 6.45) is 0.922. The molecule has 0 saturated carbocycles. The van der Waals surface area contributed by atoms with Gasteiger partial charge in [0, 0.05) is 19.6 Å². The first-order chi connectivity index (χ1) is 10.2. The molecule has 0 unspecified atom stereocenters. The highest BCUT2D eigenvalue weighted by Crippen LogP contribution is 2.36. The number of nitrogens with one attached hydrogen (secondary N) is 1. The molecule has 0 aliphatic carbocycles. The van der Waals surface area contributed by atoms with Gasteiger partial charge in [-0.1, -0.05) is 31.2 Å². The lowest BCUT2D eigenvalue weighted by molar-refractivity contribution is 0.0958. The van der Waals surface area contributed by atoms with E-state index < -0.39 is 0 Å². The molecule has 0 atom stereocenters. The molecule has 4 nitrogen and oxygen atoms in total. The molecule has 5 heteroatoms. The number of anilines is 2. The van der Waals surface area contributed by atoms with E-state index >= 15 is 0 Å². The molecule has 0 saturated heterocycles. The number of carbonyl (C=O) groups is 1. The lowest BCUT2D eigenvalue weighted by Gasteiger charge is -2.14. The number of nitrogens with zero attached hydrogens (tertiary/aromatic N) is 1. The van der Waals surface area contributed by atoms with Crippen molar-refractivity contribution in [1.82, 2.24) is 5.32 Å². The Hall–Kier alpha value is -2.01. The zero-order valence-electron chi connectivity index (χ0n) is 12.1. The van der Waals surface area contributed by atoms with E-state index in [2.05, 4.69) is 34.5 Å². The van der Waals surface area contributed by atoms with E-state index in [0.717, 1.165) is 24.5 Å². The van der Waals surface area contributed by atoms with Gasteiger partial charge in [0.2, 0.25) is 0 Å². The first-order valence-electron chi connectivity index (χ1n) is 7.18. The largest absolute Gasteiger partial charge is 0.397 e. The van der Waals surface area contributed by atoms with Crippen molar-refractivity contribution in [3.63, 3.8) is 0 Å². The van der Waals surface area contributed by atoms with Gasteiger partial charge in [-0.3, -0.25) is 4.79 Å². The van der Waals surface area contributed by atoms with Crippen LogP contribution in [0.2, 0.25) is 0 Å². The summed E-state index contributed by atoms with van der Waals surface area (Å²) in [6, 6.07) is 10.4. The van der Waals surface area contributed by atoms with Gasteiger partial charge in [-0.25, -0.2) is 0 Å². The monoisotopic (exact) mass is 301 g/mol. The third-order valence-corrected chi connectivity index (χ3v) is 4.85. The minimum atomic E-state index is -0.0673. The van der Waals surface area contributed by atoms with Crippen LogP contribution in [0, 0.1) is 0 Å². The second-order valence-electron chi connectivity index (χ2n) is 5.25. The van der Waals surface area contributed by atoms with Crippen LogP contribution in [0.15, 0.2) is 30.3 Å². The van der Waals surface area contributed by atoms with Crippen LogP contribution < -0.4 is 16.0 Å². The number of nitrogens with two attached hydrogens (primary N) is 1. The molecule has 2 heterocycles. The average molecular weight is 301 g/mol. The topological polar surface area (TPSA) is 58.4 Å². The van der Waals surface area contributed by atoms with Gasteiger partial charge >= 0.3 is 0 Å². The standard InChI is InChI=1S/C16H19N3OS/c1-2-7-18-16(20)15-13(17)8-14(21-15)19-9-11-5-3-4-6-12(11)10-19/h3-6,8H,2,7,9-10,17H2,1H3,(H,18,20). The number of amides is 1. The predicted octanol–water partition coefficient (Wildman–Crippen LogP) is 2.99. The van der Waals surface area contributed by atoms with Crippen LogP contribution in [0.1, 0.15) is 34.1 Å². The first-order valence-corrected chi connectivity index (χ1v) is 8.00. The molecule has 3 rings (SSSR count). The lowest BCUT2D eigenvalue weighted by Crippen LogP contribution is -2.23. The molecule has 1 aliphatic heterocycles. The number of benzene rings is 1. The highest BCUT2D eigenvalue weighted by molar-refractivity contribution is 7.18. The Kier molecular flexibility index (Phi) is 3.84. The van der Waals surface area contributed by atoms with Crippen molar-refractivity contribution >= 4 is 27.9 Å². The number of rotatable bonds is 4. The van der Waals surface area contributed by atoms with Crippen LogP contribution in [-0.2, 0) is 13.1 Å². The van der Waals surface area contributed by atoms with Crippen LogP contribution >= 0.6 is 11.3 Å². The minimum Gasteiger partial charge on any atom is -0.397 e. The third-order valence-electron chi connectivity index (χ3n) is 3.64. The molecule has 1 aromatic heterocycles. The van der Waals surface area contributed by atoms with Crippen LogP contribution in [0.3, 0.4) is 0 Å². The Labute approximate surface area is 128 Å². The lowest BCUT2D eigenvalue weighted by atomic mass is 10.1. The fourth-order valence-corrected chi connectivity index (χ4v) is 3.53. The summed E-state index contributed by atoms with van der Waals surface area (Å²) in [5.41, 5.74) is 9.28. The van der Waals surface area contributed by atoms with Gasteiger partial charge in [0.05, 0.1) is 10.7 Å². The van der Waals surface area contributed by atoms with E-state index in [0.29, 0.717) is 17.1 Å². The van der Waals surface area contributed by atoms with Crippen molar-refractivity contribution in [2.75, 3.05) is 17.2 Å². The summed E-state index contributed by atoms with van der Waals surface area (Å²) in [6.45, 7) is 4.48. The summed E-state index contributed by atoms with van der Waals surface area (Å²) < 4.78 is 0. The van der Waals surface area contributed by atoms with Gasteiger partial charge in [0.25, 0.3) is 5.91 Å². The molecule has 2 aromatic rings. The van der Waals surface area contributed by atoms with Crippen LogP contribution in [0.5, 0.6) is 0 Å².